The molecule has 130 valence electrons. The van der Waals surface area contributed by atoms with Gasteiger partial charge in [-0.2, -0.15) is 5.10 Å². The third kappa shape index (κ3) is 5.61. The highest BCUT2D eigenvalue weighted by atomic mass is 16.5. The summed E-state index contributed by atoms with van der Waals surface area (Å²) >= 11 is 0. The number of aryl methyl sites for hydroxylation is 2. The van der Waals surface area contributed by atoms with E-state index in [2.05, 4.69) is 39.4 Å². The second-order valence-electron chi connectivity index (χ2n) is 5.84. The summed E-state index contributed by atoms with van der Waals surface area (Å²) in [6.45, 7) is 7.06. The lowest BCUT2D eigenvalue weighted by Crippen LogP contribution is -2.42. The maximum absolute atomic E-state index is 5.76. The standard InChI is InChI=1S/C18H27N5O/c1-15-5-7-17(8-6-15)24-12-11-22(4)18(19-3)20-9-10-23-14-16(2)13-21-23/h5-8,13-14H,9-12H2,1-4H3,(H,19,20). The Morgan fingerprint density at radius 3 is 2.62 bits per heavy atom. The molecule has 24 heavy (non-hydrogen) atoms. The van der Waals surface area contributed by atoms with Gasteiger partial charge in [0.05, 0.1) is 19.3 Å². The Morgan fingerprint density at radius 2 is 2.00 bits per heavy atom. The van der Waals surface area contributed by atoms with Crippen LogP contribution in [0.25, 0.3) is 0 Å². The minimum Gasteiger partial charge on any atom is -0.492 e. The van der Waals surface area contributed by atoms with Crippen molar-refractivity contribution in [1.82, 2.24) is 20.0 Å². The molecule has 1 heterocycles. The van der Waals surface area contributed by atoms with E-state index in [1.165, 1.54) is 11.1 Å². The first kappa shape index (κ1) is 17.8. The number of likely N-dealkylation sites (N-methyl/N-ethyl adjacent to an activating group) is 1. The SMILES string of the molecule is CN=C(NCCn1cc(C)cn1)N(C)CCOc1ccc(C)cc1. The van der Waals surface area contributed by atoms with Gasteiger partial charge in [-0.25, -0.2) is 0 Å². The zero-order chi connectivity index (χ0) is 17.4. The van der Waals surface area contributed by atoms with Gasteiger partial charge in [-0.15, -0.1) is 0 Å². The molecule has 2 aromatic rings. The summed E-state index contributed by atoms with van der Waals surface area (Å²) in [4.78, 5) is 6.37. The molecule has 6 nitrogen and oxygen atoms in total. The van der Waals surface area contributed by atoms with Gasteiger partial charge in [0.2, 0.25) is 0 Å². The topological polar surface area (TPSA) is 54.7 Å². The Kier molecular flexibility index (Phi) is 6.66. The fourth-order valence-corrected chi connectivity index (χ4v) is 2.30. The lowest BCUT2D eigenvalue weighted by molar-refractivity contribution is 0.281. The quantitative estimate of drug-likeness (QED) is 0.624. The first-order valence-corrected chi connectivity index (χ1v) is 8.19. The molecule has 0 radical (unpaired) electrons. The molecule has 1 aromatic heterocycles. The van der Waals surface area contributed by atoms with Crippen LogP contribution in [0.5, 0.6) is 5.75 Å². The van der Waals surface area contributed by atoms with E-state index in [9.17, 15) is 0 Å². The van der Waals surface area contributed by atoms with E-state index in [0.717, 1.165) is 31.3 Å². The molecule has 0 bridgehead atoms. The van der Waals surface area contributed by atoms with Crippen molar-refractivity contribution in [1.29, 1.82) is 0 Å². The highest BCUT2D eigenvalue weighted by Gasteiger charge is 2.05. The van der Waals surface area contributed by atoms with Crippen molar-refractivity contribution in [2.75, 3.05) is 33.8 Å². The third-order valence-corrected chi connectivity index (χ3v) is 3.68. The van der Waals surface area contributed by atoms with E-state index >= 15 is 0 Å². The molecule has 0 aliphatic heterocycles. The summed E-state index contributed by atoms with van der Waals surface area (Å²) in [5.41, 5.74) is 2.40. The average Bonchev–Trinajstić information content (AvgIpc) is 2.98. The van der Waals surface area contributed by atoms with Crippen molar-refractivity contribution < 1.29 is 4.74 Å². The van der Waals surface area contributed by atoms with E-state index in [4.69, 9.17) is 4.74 Å². The molecule has 0 amide bonds. The number of rotatable bonds is 7. The van der Waals surface area contributed by atoms with Gasteiger partial charge in [0.1, 0.15) is 12.4 Å². The molecule has 6 heteroatoms. The molecule has 2 rings (SSSR count). The summed E-state index contributed by atoms with van der Waals surface area (Å²) in [5, 5.41) is 7.62. The van der Waals surface area contributed by atoms with Gasteiger partial charge < -0.3 is 15.0 Å². The molecule has 0 atom stereocenters. The molecule has 0 aliphatic carbocycles. The van der Waals surface area contributed by atoms with Crippen molar-refractivity contribution in [3.05, 3.63) is 47.8 Å². The van der Waals surface area contributed by atoms with Crippen LogP contribution in [0.4, 0.5) is 0 Å². The van der Waals surface area contributed by atoms with E-state index in [1.807, 2.05) is 43.2 Å². The maximum atomic E-state index is 5.76. The van der Waals surface area contributed by atoms with Gasteiger partial charge in [0.15, 0.2) is 5.96 Å². The minimum absolute atomic E-state index is 0.610. The highest BCUT2D eigenvalue weighted by Crippen LogP contribution is 2.11. The lowest BCUT2D eigenvalue weighted by atomic mass is 10.2. The van der Waals surface area contributed by atoms with Crippen molar-refractivity contribution in [3.8, 4) is 5.75 Å². The Balaban J connectivity index is 1.70. The van der Waals surface area contributed by atoms with Crippen LogP contribution < -0.4 is 10.1 Å². The number of hydrogen-bond acceptors (Lipinski definition) is 3. The van der Waals surface area contributed by atoms with Crippen LogP contribution in [0.1, 0.15) is 11.1 Å². The summed E-state index contributed by atoms with van der Waals surface area (Å²) in [6.07, 6.45) is 3.90. The number of aromatic nitrogens is 2. The summed E-state index contributed by atoms with van der Waals surface area (Å²) in [5.74, 6) is 1.75. The van der Waals surface area contributed by atoms with E-state index in [1.54, 1.807) is 7.05 Å². The zero-order valence-electron chi connectivity index (χ0n) is 15.0. The maximum Gasteiger partial charge on any atom is 0.193 e. The number of ether oxygens (including phenoxy) is 1. The lowest BCUT2D eigenvalue weighted by Gasteiger charge is -2.22. The molecule has 0 fully saturated rings. The van der Waals surface area contributed by atoms with Crippen molar-refractivity contribution in [2.24, 2.45) is 4.99 Å². The second-order valence-corrected chi connectivity index (χ2v) is 5.84. The molecular weight excluding hydrogens is 302 g/mol. The normalized spacial score (nSPS) is 11.4. The summed E-state index contributed by atoms with van der Waals surface area (Å²) in [7, 11) is 3.80. The number of nitrogens with one attached hydrogen (secondary N) is 1. The van der Waals surface area contributed by atoms with Crippen LogP contribution in [0.15, 0.2) is 41.7 Å². The Labute approximate surface area is 144 Å². The Morgan fingerprint density at radius 1 is 1.25 bits per heavy atom. The molecule has 0 saturated carbocycles. The van der Waals surface area contributed by atoms with Gasteiger partial charge in [-0.3, -0.25) is 9.67 Å². The number of guanidine groups is 1. The second kappa shape index (κ2) is 8.96. The molecule has 1 aromatic carbocycles. The van der Waals surface area contributed by atoms with E-state index in [0.29, 0.717) is 6.61 Å². The molecule has 0 saturated heterocycles. The van der Waals surface area contributed by atoms with Gasteiger partial charge in [0.25, 0.3) is 0 Å². The van der Waals surface area contributed by atoms with Crippen LogP contribution in [0, 0.1) is 13.8 Å². The highest BCUT2D eigenvalue weighted by molar-refractivity contribution is 5.79. The van der Waals surface area contributed by atoms with Crippen molar-refractivity contribution in [2.45, 2.75) is 20.4 Å². The molecular formula is C18H27N5O. The largest absolute Gasteiger partial charge is 0.492 e. The summed E-state index contributed by atoms with van der Waals surface area (Å²) < 4.78 is 7.69. The van der Waals surface area contributed by atoms with Crippen molar-refractivity contribution >= 4 is 5.96 Å². The average molecular weight is 329 g/mol. The Hall–Kier alpha value is -2.50. The van der Waals surface area contributed by atoms with Crippen molar-refractivity contribution in [3.63, 3.8) is 0 Å². The van der Waals surface area contributed by atoms with Gasteiger partial charge in [-0.05, 0) is 31.5 Å². The fraction of sp³-hybridized carbons (Fsp3) is 0.444. The molecule has 0 unspecified atom stereocenters. The zero-order valence-corrected chi connectivity index (χ0v) is 15.0. The van der Waals surface area contributed by atoms with Gasteiger partial charge >= 0.3 is 0 Å². The minimum atomic E-state index is 0.610. The number of hydrogen-bond donors (Lipinski definition) is 1. The van der Waals surface area contributed by atoms with Gasteiger partial charge in [0, 0.05) is 26.8 Å². The monoisotopic (exact) mass is 329 g/mol. The van der Waals surface area contributed by atoms with Gasteiger partial charge in [-0.1, -0.05) is 17.7 Å². The van der Waals surface area contributed by atoms with Crippen LogP contribution in [0.2, 0.25) is 0 Å². The number of nitrogens with zero attached hydrogens (tertiary/aromatic N) is 4. The van der Waals surface area contributed by atoms with Crippen LogP contribution in [-0.4, -0.2) is 54.4 Å². The first-order valence-electron chi connectivity index (χ1n) is 8.19. The predicted octanol–water partition coefficient (Wildman–Crippen LogP) is 2.09. The van der Waals surface area contributed by atoms with Crippen LogP contribution in [0.3, 0.4) is 0 Å². The first-order chi connectivity index (χ1) is 11.6. The molecule has 1 N–H and O–H groups in total. The Bertz CT molecular complexity index is 648. The smallest absolute Gasteiger partial charge is 0.193 e. The van der Waals surface area contributed by atoms with E-state index < -0.39 is 0 Å². The third-order valence-electron chi connectivity index (χ3n) is 3.68. The fourth-order valence-electron chi connectivity index (χ4n) is 2.30. The van der Waals surface area contributed by atoms with Crippen LogP contribution >= 0.6 is 0 Å². The van der Waals surface area contributed by atoms with E-state index in [-0.39, 0.29) is 0 Å². The predicted molar refractivity (Wildman–Crippen MR) is 97.6 cm³/mol. The summed E-state index contributed by atoms with van der Waals surface area (Å²) in [6, 6.07) is 8.09. The number of benzene rings is 1. The van der Waals surface area contributed by atoms with Crippen LogP contribution in [-0.2, 0) is 6.54 Å². The number of aliphatic imine (C=N–C) groups is 1. The molecule has 0 aliphatic rings. The molecule has 0 spiro atoms.